The maximum atomic E-state index is 12.8. The molecule has 134 valence electrons. The summed E-state index contributed by atoms with van der Waals surface area (Å²) in [7, 11) is 0. The highest BCUT2D eigenvalue weighted by molar-refractivity contribution is 6.09. The van der Waals surface area contributed by atoms with Crippen LogP contribution in [0.5, 0.6) is 0 Å². The molecule has 2 aromatic rings. The Morgan fingerprint density at radius 2 is 1.88 bits per heavy atom. The van der Waals surface area contributed by atoms with Crippen LogP contribution < -0.4 is 5.32 Å². The summed E-state index contributed by atoms with van der Waals surface area (Å²) in [5, 5.41) is 2.75. The van der Waals surface area contributed by atoms with Gasteiger partial charge < -0.3 is 5.32 Å². The van der Waals surface area contributed by atoms with Crippen molar-refractivity contribution in [1.82, 2.24) is 15.2 Å². The number of likely N-dealkylation sites (tertiary alicyclic amines) is 1. The van der Waals surface area contributed by atoms with Crippen molar-refractivity contribution in [2.75, 3.05) is 6.54 Å². The van der Waals surface area contributed by atoms with Gasteiger partial charge in [0.1, 0.15) is 0 Å². The molecule has 3 amide bonds. The van der Waals surface area contributed by atoms with Gasteiger partial charge in [-0.2, -0.15) is 0 Å². The number of hydrogen-bond donors (Lipinski definition) is 1. The number of carbonyl (C=O) groups is 3. The van der Waals surface area contributed by atoms with E-state index in [2.05, 4.69) is 10.3 Å². The number of hydrogen-bond acceptors (Lipinski definition) is 4. The Bertz CT molecular complexity index is 808. The zero-order valence-electron chi connectivity index (χ0n) is 14.6. The second-order valence-corrected chi connectivity index (χ2v) is 6.57. The number of nitrogens with one attached hydrogen (secondary N) is 1. The molecule has 1 aliphatic rings. The molecule has 0 unspecified atom stereocenters. The molecule has 6 heteroatoms. The maximum Gasteiger partial charge on any atom is 0.240 e. The second kappa shape index (κ2) is 7.47. The minimum atomic E-state index is -0.858. The number of aromatic nitrogens is 1. The largest absolute Gasteiger partial charge is 0.350 e. The molecule has 1 saturated heterocycles. The van der Waals surface area contributed by atoms with E-state index in [-0.39, 0.29) is 37.1 Å². The summed E-state index contributed by atoms with van der Waals surface area (Å²) in [6.45, 7) is 2.20. The lowest BCUT2D eigenvalue weighted by atomic mass is 9.81. The van der Waals surface area contributed by atoms with Gasteiger partial charge >= 0.3 is 0 Å². The van der Waals surface area contributed by atoms with Crippen molar-refractivity contribution in [3.05, 3.63) is 66.0 Å². The number of benzene rings is 1. The molecule has 1 aromatic heterocycles. The Hall–Kier alpha value is -3.02. The average Bonchev–Trinajstić information content (AvgIpc) is 2.89. The molecule has 1 fully saturated rings. The number of amides is 3. The molecular weight excluding hydrogens is 330 g/mol. The quantitative estimate of drug-likeness (QED) is 0.805. The average molecular weight is 351 g/mol. The smallest absolute Gasteiger partial charge is 0.240 e. The zero-order valence-corrected chi connectivity index (χ0v) is 14.6. The van der Waals surface area contributed by atoms with Crippen molar-refractivity contribution >= 4 is 17.7 Å². The molecule has 6 nitrogen and oxygen atoms in total. The minimum absolute atomic E-state index is 0.0786. The second-order valence-electron chi connectivity index (χ2n) is 6.57. The summed E-state index contributed by atoms with van der Waals surface area (Å²) in [6.07, 6.45) is 1.87. The van der Waals surface area contributed by atoms with Crippen molar-refractivity contribution < 1.29 is 14.4 Å². The first-order valence-electron chi connectivity index (χ1n) is 8.57. The van der Waals surface area contributed by atoms with E-state index in [4.69, 9.17) is 0 Å². The summed E-state index contributed by atoms with van der Waals surface area (Å²) < 4.78 is 0. The molecule has 1 aromatic carbocycles. The Morgan fingerprint density at radius 1 is 1.15 bits per heavy atom. The molecule has 3 rings (SSSR count). The first-order chi connectivity index (χ1) is 12.5. The van der Waals surface area contributed by atoms with Gasteiger partial charge in [-0.3, -0.25) is 24.3 Å². The molecule has 26 heavy (non-hydrogen) atoms. The molecular formula is C20H21N3O3. The Kier molecular flexibility index (Phi) is 5.11. The minimum Gasteiger partial charge on any atom is -0.350 e. The Morgan fingerprint density at radius 3 is 2.58 bits per heavy atom. The van der Waals surface area contributed by atoms with E-state index in [0.717, 1.165) is 11.3 Å². The summed E-state index contributed by atoms with van der Waals surface area (Å²) >= 11 is 0. The fraction of sp³-hybridized carbons (Fsp3) is 0.300. The van der Waals surface area contributed by atoms with Gasteiger partial charge in [0.15, 0.2) is 0 Å². The van der Waals surface area contributed by atoms with Gasteiger partial charge in [0.05, 0.1) is 17.7 Å². The molecule has 1 atom stereocenters. The topological polar surface area (TPSA) is 79.4 Å². The van der Waals surface area contributed by atoms with Crippen molar-refractivity contribution in [3.63, 3.8) is 0 Å². The van der Waals surface area contributed by atoms with Crippen LogP contribution in [-0.2, 0) is 26.3 Å². The van der Waals surface area contributed by atoms with Gasteiger partial charge in [0.25, 0.3) is 0 Å². The molecule has 2 heterocycles. The number of imide groups is 1. The number of rotatable bonds is 6. The van der Waals surface area contributed by atoms with Gasteiger partial charge in [-0.05, 0) is 24.6 Å². The van der Waals surface area contributed by atoms with Crippen LogP contribution in [0, 0.1) is 0 Å². The Labute approximate surface area is 152 Å². The van der Waals surface area contributed by atoms with Crippen LogP contribution in [0.4, 0.5) is 0 Å². The van der Waals surface area contributed by atoms with E-state index in [1.54, 1.807) is 19.2 Å². The van der Waals surface area contributed by atoms with Crippen molar-refractivity contribution in [2.24, 2.45) is 0 Å². The van der Waals surface area contributed by atoms with Gasteiger partial charge in [-0.15, -0.1) is 0 Å². The number of pyridine rings is 1. The zero-order chi connectivity index (χ0) is 18.6. The first kappa shape index (κ1) is 17.8. The lowest BCUT2D eigenvalue weighted by molar-refractivity contribution is -0.140. The van der Waals surface area contributed by atoms with E-state index in [1.165, 1.54) is 4.90 Å². The van der Waals surface area contributed by atoms with Crippen molar-refractivity contribution in [1.29, 1.82) is 0 Å². The van der Waals surface area contributed by atoms with Crippen LogP contribution >= 0.6 is 0 Å². The predicted molar refractivity (Wildman–Crippen MR) is 95.8 cm³/mol. The van der Waals surface area contributed by atoms with Crippen LogP contribution in [-0.4, -0.2) is 34.2 Å². The van der Waals surface area contributed by atoms with E-state index in [9.17, 15) is 14.4 Å². The lowest BCUT2D eigenvalue weighted by Gasteiger charge is -2.22. The number of carbonyl (C=O) groups excluding carboxylic acids is 3. The molecule has 1 aliphatic heterocycles. The van der Waals surface area contributed by atoms with Crippen LogP contribution in [0.3, 0.4) is 0 Å². The normalized spacial score (nSPS) is 19.7. The van der Waals surface area contributed by atoms with Crippen LogP contribution in [0.25, 0.3) is 0 Å². The molecule has 0 spiro atoms. The molecule has 0 bridgehead atoms. The van der Waals surface area contributed by atoms with Crippen molar-refractivity contribution in [3.8, 4) is 0 Å². The third-order valence-electron chi connectivity index (χ3n) is 4.69. The molecule has 0 aliphatic carbocycles. The summed E-state index contributed by atoms with van der Waals surface area (Å²) in [5.74, 6) is -0.699. The van der Waals surface area contributed by atoms with E-state index < -0.39 is 5.41 Å². The van der Waals surface area contributed by atoms with E-state index in [0.29, 0.717) is 6.54 Å². The third-order valence-corrected chi connectivity index (χ3v) is 4.69. The van der Waals surface area contributed by atoms with E-state index >= 15 is 0 Å². The van der Waals surface area contributed by atoms with Gasteiger partial charge in [-0.25, -0.2) is 0 Å². The fourth-order valence-corrected chi connectivity index (χ4v) is 3.14. The first-order valence-corrected chi connectivity index (χ1v) is 8.57. The SMILES string of the molecule is C[C@@]1(c2ccccc2)CC(=O)N(CCC(=O)NCc2ccccn2)C1=O. The van der Waals surface area contributed by atoms with Gasteiger partial charge in [0, 0.05) is 25.6 Å². The van der Waals surface area contributed by atoms with Crippen LogP contribution in [0.1, 0.15) is 31.0 Å². The fourth-order valence-electron chi connectivity index (χ4n) is 3.14. The van der Waals surface area contributed by atoms with Crippen LogP contribution in [0.15, 0.2) is 54.7 Å². The molecule has 1 N–H and O–H groups in total. The molecule has 0 saturated carbocycles. The van der Waals surface area contributed by atoms with E-state index in [1.807, 2.05) is 42.5 Å². The predicted octanol–water partition coefficient (Wildman–Crippen LogP) is 1.80. The number of nitrogens with zero attached hydrogens (tertiary/aromatic N) is 2. The van der Waals surface area contributed by atoms with Crippen LogP contribution in [0.2, 0.25) is 0 Å². The maximum absolute atomic E-state index is 12.8. The monoisotopic (exact) mass is 351 g/mol. The summed E-state index contributed by atoms with van der Waals surface area (Å²) in [5.41, 5.74) is 0.717. The Balaban J connectivity index is 1.57. The summed E-state index contributed by atoms with van der Waals surface area (Å²) in [4.78, 5) is 42.5. The van der Waals surface area contributed by atoms with Crippen molar-refractivity contribution in [2.45, 2.75) is 31.7 Å². The highest BCUT2D eigenvalue weighted by atomic mass is 16.2. The lowest BCUT2D eigenvalue weighted by Crippen LogP contribution is -2.38. The standard InChI is InChI=1S/C20H21N3O3/c1-20(15-7-3-2-4-8-15)13-18(25)23(19(20)26)12-10-17(24)22-14-16-9-5-6-11-21-16/h2-9,11H,10,12-14H2,1H3,(H,22,24)/t20-/m0/s1. The van der Waals surface area contributed by atoms with Gasteiger partial charge in [0.2, 0.25) is 17.7 Å². The third kappa shape index (κ3) is 3.64. The highest BCUT2D eigenvalue weighted by Gasteiger charge is 2.48. The summed E-state index contributed by atoms with van der Waals surface area (Å²) in [6, 6.07) is 14.8. The molecule has 0 radical (unpaired) electrons. The van der Waals surface area contributed by atoms with Gasteiger partial charge in [-0.1, -0.05) is 36.4 Å². The highest BCUT2D eigenvalue weighted by Crippen LogP contribution is 2.36.